The van der Waals surface area contributed by atoms with Crippen LogP contribution in [0.15, 0.2) is 24.3 Å². The lowest BCUT2D eigenvalue weighted by molar-refractivity contribution is 0.247. The fourth-order valence-electron chi connectivity index (χ4n) is 2.99. The second-order valence-corrected chi connectivity index (χ2v) is 5.24. The van der Waals surface area contributed by atoms with Crippen molar-refractivity contribution in [1.29, 1.82) is 5.41 Å². The van der Waals surface area contributed by atoms with Crippen LogP contribution < -0.4 is 10.2 Å². The molecule has 1 aliphatic heterocycles. The lowest BCUT2D eigenvalue weighted by Crippen LogP contribution is -2.43. The molecular weight excluding hydrogens is 226 g/mol. The third-order valence-corrected chi connectivity index (χ3v) is 3.94. The number of rotatable bonds is 1. The molecule has 1 saturated heterocycles. The normalized spacial score (nSPS) is 21.7. The van der Waals surface area contributed by atoms with Crippen LogP contribution in [0.25, 0.3) is 0 Å². The molecule has 1 heterocycles. The van der Waals surface area contributed by atoms with E-state index in [1.54, 1.807) is 0 Å². The minimum atomic E-state index is -0.402. The highest BCUT2D eigenvalue weighted by atomic mass is 16.2. The lowest BCUT2D eigenvalue weighted by atomic mass is 9.97. The van der Waals surface area contributed by atoms with E-state index in [-0.39, 0.29) is 6.03 Å². The molecule has 3 rings (SSSR count). The number of urea groups is 1. The standard InChI is InChI=1S/C14H17N3O/c1-10-5-4-6-11(9-10)17-12(15)14(16-13(17)18)7-2-3-8-14/h4-6,9,15H,2-3,7-8H2,1H3,(H,16,18). The number of carbonyl (C=O) groups is 1. The highest BCUT2D eigenvalue weighted by molar-refractivity contribution is 6.24. The van der Waals surface area contributed by atoms with Gasteiger partial charge in [0.1, 0.15) is 5.84 Å². The summed E-state index contributed by atoms with van der Waals surface area (Å²) in [6.45, 7) is 1.99. The van der Waals surface area contributed by atoms with Crippen molar-refractivity contribution in [3.63, 3.8) is 0 Å². The average molecular weight is 243 g/mol. The predicted octanol–water partition coefficient (Wildman–Crippen LogP) is 2.81. The Morgan fingerprint density at radius 1 is 1.33 bits per heavy atom. The topological polar surface area (TPSA) is 56.2 Å². The minimum Gasteiger partial charge on any atom is -0.325 e. The predicted molar refractivity (Wildman–Crippen MR) is 71.1 cm³/mol. The Labute approximate surface area is 106 Å². The molecule has 4 nitrogen and oxygen atoms in total. The fourth-order valence-corrected chi connectivity index (χ4v) is 2.99. The van der Waals surface area contributed by atoms with Gasteiger partial charge >= 0.3 is 6.03 Å². The number of nitrogens with one attached hydrogen (secondary N) is 2. The Morgan fingerprint density at radius 3 is 2.72 bits per heavy atom. The van der Waals surface area contributed by atoms with Gasteiger partial charge in [0.15, 0.2) is 0 Å². The molecule has 18 heavy (non-hydrogen) atoms. The summed E-state index contributed by atoms with van der Waals surface area (Å²) in [6.07, 6.45) is 3.95. The summed E-state index contributed by atoms with van der Waals surface area (Å²) < 4.78 is 0. The van der Waals surface area contributed by atoms with Gasteiger partial charge in [0.2, 0.25) is 0 Å². The second kappa shape index (κ2) is 3.83. The van der Waals surface area contributed by atoms with Gasteiger partial charge in [-0.2, -0.15) is 0 Å². The number of hydrogen-bond donors (Lipinski definition) is 2. The molecule has 0 radical (unpaired) electrons. The molecule has 1 aliphatic carbocycles. The highest BCUT2D eigenvalue weighted by Crippen LogP contribution is 2.37. The molecule has 2 fully saturated rings. The van der Waals surface area contributed by atoms with Gasteiger partial charge in [0.05, 0.1) is 11.2 Å². The Kier molecular flexibility index (Phi) is 2.40. The first-order valence-electron chi connectivity index (χ1n) is 6.40. The van der Waals surface area contributed by atoms with Gasteiger partial charge in [0.25, 0.3) is 0 Å². The third-order valence-electron chi connectivity index (χ3n) is 3.94. The molecule has 0 atom stereocenters. The first-order chi connectivity index (χ1) is 8.62. The number of nitrogens with zero attached hydrogens (tertiary/aromatic N) is 1. The first kappa shape index (κ1) is 11.3. The molecule has 2 amide bonds. The summed E-state index contributed by atoms with van der Waals surface area (Å²) in [5.41, 5.74) is 1.49. The molecule has 2 N–H and O–H groups in total. The molecule has 0 aromatic heterocycles. The fraction of sp³-hybridized carbons (Fsp3) is 0.429. The monoisotopic (exact) mass is 243 g/mol. The maximum atomic E-state index is 12.1. The van der Waals surface area contributed by atoms with E-state index in [0.29, 0.717) is 5.84 Å². The van der Waals surface area contributed by atoms with E-state index >= 15 is 0 Å². The van der Waals surface area contributed by atoms with Crippen molar-refractivity contribution < 1.29 is 4.79 Å². The zero-order valence-electron chi connectivity index (χ0n) is 10.5. The largest absolute Gasteiger partial charge is 0.328 e. The number of anilines is 1. The van der Waals surface area contributed by atoms with E-state index < -0.39 is 5.54 Å². The Morgan fingerprint density at radius 2 is 2.06 bits per heavy atom. The molecular formula is C14H17N3O. The van der Waals surface area contributed by atoms with Crippen LogP contribution in [-0.2, 0) is 0 Å². The summed E-state index contributed by atoms with van der Waals surface area (Å²) in [5, 5.41) is 11.3. The van der Waals surface area contributed by atoms with Crippen LogP contribution in [0.4, 0.5) is 10.5 Å². The van der Waals surface area contributed by atoms with Gasteiger partial charge in [-0.05, 0) is 37.5 Å². The number of carbonyl (C=O) groups excluding carboxylic acids is 1. The molecule has 1 spiro atoms. The van der Waals surface area contributed by atoms with E-state index in [2.05, 4.69) is 5.32 Å². The molecule has 1 aromatic carbocycles. The number of amides is 2. The van der Waals surface area contributed by atoms with Gasteiger partial charge in [-0.25, -0.2) is 9.69 Å². The SMILES string of the molecule is Cc1cccc(N2C(=N)C3(CCCC3)NC2=O)c1. The van der Waals surface area contributed by atoms with E-state index in [9.17, 15) is 4.79 Å². The zero-order valence-corrected chi connectivity index (χ0v) is 10.5. The van der Waals surface area contributed by atoms with Crippen molar-refractivity contribution >= 4 is 17.6 Å². The van der Waals surface area contributed by atoms with Crippen molar-refractivity contribution in [2.45, 2.75) is 38.1 Å². The van der Waals surface area contributed by atoms with Gasteiger partial charge in [0, 0.05) is 0 Å². The summed E-state index contributed by atoms with van der Waals surface area (Å²) in [7, 11) is 0. The van der Waals surface area contributed by atoms with Crippen LogP contribution in [0.1, 0.15) is 31.2 Å². The summed E-state index contributed by atoms with van der Waals surface area (Å²) >= 11 is 0. The van der Waals surface area contributed by atoms with Crippen LogP contribution in [0.2, 0.25) is 0 Å². The molecule has 1 saturated carbocycles. The minimum absolute atomic E-state index is 0.160. The van der Waals surface area contributed by atoms with Gasteiger partial charge in [-0.1, -0.05) is 25.0 Å². The van der Waals surface area contributed by atoms with E-state index in [1.807, 2.05) is 31.2 Å². The molecule has 0 unspecified atom stereocenters. The zero-order chi connectivity index (χ0) is 12.8. The van der Waals surface area contributed by atoms with Crippen molar-refractivity contribution in [2.24, 2.45) is 0 Å². The van der Waals surface area contributed by atoms with Crippen LogP contribution in [0.3, 0.4) is 0 Å². The van der Waals surface area contributed by atoms with Crippen LogP contribution in [0, 0.1) is 12.3 Å². The summed E-state index contributed by atoms with van der Waals surface area (Å²) in [5.74, 6) is 0.413. The molecule has 4 heteroatoms. The van der Waals surface area contributed by atoms with Crippen LogP contribution >= 0.6 is 0 Å². The number of amidine groups is 1. The summed E-state index contributed by atoms with van der Waals surface area (Å²) in [4.78, 5) is 13.6. The van der Waals surface area contributed by atoms with Gasteiger partial charge < -0.3 is 5.32 Å². The number of aryl methyl sites for hydroxylation is 1. The molecule has 94 valence electrons. The number of hydrogen-bond acceptors (Lipinski definition) is 2. The molecule has 0 bridgehead atoms. The van der Waals surface area contributed by atoms with Gasteiger partial charge in [-0.3, -0.25) is 5.41 Å². The third kappa shape index (κ3) is 1.52. The maximum absolute atomic E-state index is 12.1. The highest BCUT2D eigenvalue weighted by Gasteiger charge is 2.49. The van der Waals surface area contributed by atoms with E-state index in [0.717, 1.165) is 36.9 Å². The maximum Gasteiger partial charge on any atom is 0.328 e. The van der Waals surface area contributed by atoms with E-state index in [4.69, 9.17) is 5.41 Å². The van der Waals surface area contributed by atoms with Crippen LogP contribution in [-0.4, -0.2) is 17.4 Å². The van der Waals surface area contributed by atoms with Crippen molar-refractivity contribution in [2.75, 3.05) is 4.90 Å². The lowest BCUT2D eigenvalue weighted by Gasteiger charge is -2.23. The Balaban J connectivity index is 1.98. The van der Waals surface area contributed by atoms with Crippen molar-refractivity contribution in [1.82, 2.24) is 5.32 Å². The summed E-state index contributed by atoms with van der Waals surface area (Å²) in [6, 6.07) is 7.58. The molecule has 1 aromatic rings. The molecule has 2 aliphatic rings. The Bertz CT molecular complexity index is 518. The smallest absolute Gasteiger partial charge is 0.325 e. The average Bonchev–Trinajstić information content (AvgIpc) is 2.87. The Hall–Kier alpha value is -1.84. The first-order valence-corrected chi connectivity index (χ1v) is 6.40. The van der Waals surface area contributed by atoms with Crippen molar-refractivity contribution in [3.8, 4) is 0 Å². The number of benzene rings is 1. The van der Waals surface area contributed by atoms with Crippen LogP contribution in [0.5, 0.6) is 0 Å². The quantitative estimate of drug-likeness (QED) is 0.783. The van der Waals surface area contributed by atoms with Gasteiger partial charge in [-0.15, -0.1) is 0 Å². The van der Waals surface area contributed by atoms with E-state index in [1.165, 1.54) is 4.90 Å². The van der Waals surface area contributed by atoms with Crippen molar-refractivity contribution in [3.05, 3.63) is 29.8 Å². The second-order valence-electron chi connectivity index (χ2n) is 5.24.